The highest BCUT2D eigenvalue weighted by Crippen LogP contribution is 2.28. The summed E-state index contributed by atoms with van der Waals surface area (Å²) in [6.07, 6.45) is 1.96. The number of hydrogen-bond acceptors (Lipinski definition) is 4. The highest BCUT2D eigenvalue weighted by molar-refractivity contribution is 7.77. The fourth-order valence-corrected chi connectivity index (χ4v) is 2.63. The SMILES string of the molecule is Nc1cccc(Oc2ccc(C(=O)O)cc2CCCCNS(=O)O)c1. The zero-order chi connectivity index (χ0) is 18.2. The molecule has 2 rings (SSSR count). The van der Waals surface area contributed by atoms with E-state index in [9.17, 15) is 9.00 Å². The average Bonchev–Trinajstić information content (AvgIpc) is 2.55. The molecule has 0 radical (unpaired) electrons. The normalized spacial score (nSPS) is 11.9. The Balaban J connectivity index is 2.11. The quantitative estimate of drug-likeness (QED) is 0.308. The number of ether oxygens (including phenoxy) is 1. The molecule has 0 aliphatic rings. The van der Waals surface area contributed by atoms with Gasteiger partial charge in [0.05, 0.1) is 5.56 Å². The Hall–Kier alpha value is -2.42. The predicted octanol–water partition coefficient (Wildman–Crippen LogP) is 2.81. The molecule has 0 amide bonds. The van der Waals surface area contributed by atoms with Gasteiger partial charge in [0.25, 0.3) is 0 Å². The van der Waals surface area contributed by atoms with Crippen LogP contribution in [0.15, 0.2) is 42.5 Å². The van der Waals surface area contributed by atoms with E-state index in [0.717, 1.165) is 5.56 Å². The second-order valence-electron chi connectivity index (χ2n) is 5.40. The van der Waals surface area contributed by atoms with Gasteiger partial charge in [0.2, 0.25) is 11.3 Å². The number of aryl methyl sites for hydroxylation is 1. The van der Waals surface area contributed by atoms with Gasteiger partial charge in [-0.3, -0.25) is 4.55 Å². The van der Waals surface area contributed by atoms with Gasteiger partial charge in [-0.1, -0.05) is 6.07 Å². The molecule has 0 spiro atoms. The minimum Gasteiger partial charge on any atom is -0.478 e. The summed E-state index contributed by atoms with van der Waals surface area (Å²) in [5, 5.41) is 9.17. The van der Waals surface area contributed by atoms with E-state index in [4.69, 9.17) is 20.1 Å². The molecule has 2 aromatic carbocycles. The summed E-state index contributed by atoms with van der Waals surface area (Å²) in [5.41, 5.74) is 7.26. The molecule has 0 aromatic heterocycles. The van der Waals surface area contributed by atoms with E-state index >= 15 is 0 Å². The molecule has 5 N–H and O–H groups in total. The number of nitrogens with one attached hydrogen (secondary N) is 1. The number of nitrogens with two attached hydrogens (primary N) is 1. The van der Waals surface area contributed by atoms with Crippen LogP contribution in [0.1, 0.15) is 28.8 Å². The van der Waals surface area contributed by atoms with Gasteiger partial charge in [-0.2, -0.15) is 0 Å². The van der Waals surface area contributed by atoms with Crippen LogP contribution in [-0.4, -0.2) is 26.4 Å². The Bertz CT molecular complexity index is 766. The van der Waals surface area contributed by atoms with Crippen molar-refractivity contribution in [3.05, 3.63) is 53.6 Å². The lowest BCUT2D eigenvalue weighted by Gasteiger charge is -2.12. The summed E-state index contributed by atoms with van der Waals surface area (Å²) in [6.45, 7) is 0.396. The molecule has 1 unspecified atom stereocenters. The summed E-state index contributed by atoms with van der Waals surface area (Å²) in [5.74, 6) is 0.130. The maximum absolute atomic E-state index is 11.2. The molecule has 1 atom stereocenters. The molecule has 7 nitrogen and oxygen atoms in total. The van der Waals surface area contributed by atoms with Crippen LogP contribution >= 0.6 is 0 Å². The fraction of sp³-hybridized carbons (Fsp3) is 0.235. The van der Waals surface area contributed by atoms with Crippen LogP contribution in [-0.2, 0) is 17.7 Å². The van der Waals surface area contributed by atoms with Gasteiger partial charge >= 0.3 is 5.97 Å². The van der Waals surface area contributed by atoms with Crippen molar-refractivity contribution >= 4 is 22.9 Å². The molecule has 0 bridgehead atoms. The second-order valence-corrected chi connectivity index (χ2v) is 6.19. The first kappa shape index (κ1) is 18.9. The summed E-state index contributed by atoms with van der Waals surface area (Å²) >= 11 is -2.02. The zero-order valence-electron chi connectivity index (χ0n) is 13.5. The van der Waals surface area contributed by atoms with Crippen molar-refractivity contribution in [3.63, 3.8) is 0 Å². The van der Waals surface area contributed by atoms with E-state index in [1.54, 1.807) is 36.4 Å². The van der Waals surface area contributed by atoms with E-state index in [1.807, 2.05) is 0 Å². The maximum atomic E-state index is 11.2. The van der Waals surface area contributed by atoms with Crippen molar-refractivity contribution in [1.82, 2.24) is 4.72 Å². The van der Waals surface area contributed by atoms with Gasteiger partial charge in [-0.25, -0.2) is 13.7 Å². The monoisotopic (exact) mass is 364 g/mol. The Morgan fingerprint density at radius 3 is 2.68 bits per heavy atom. The lowest BCUT2D eigenvalue weighted by Crippen LogP contribution is -2.17. The molecular formula is C17H20N2O5S. The maximum Gasteiger partial charge on any atom is 0.335 e. The standard InChI is InChI=1S/C17H20N2O5S/c18-14-5-3-6-15(11-14)24-16-8-7-13(17(20)21)10-12(16)4-1-2-9-19-25(22)23/h3,5-8,10-11,19H,1-2,4,9,18H2,(H,20,21)(H,22,23). The van der Waals surface area contributed by atoms with Crippen LogP contribution in [0.5, 0.6) is 11.5 Å². The van der Waals surface area contributed by atoms with Gasteiger partial charge in [0.1, 0.15) is 11.5 Å². The minimum absolute atomic E-state index is 0.185. The van der Waals surface area contributed by atoms with Gasteiger partial charge in [0.15, 0.2) is 0 Å². The van der Waals surface area contributed by atoms with E-state index in [-0.39, 0.29) is 5.56 Å². The van der Waals surface area contributed by atoms with Crippen molar-refractivity contribution < 1.29 is 23.4 Å². The number of rotatable bonds is 9. The molecule has 134 valence electrons. The smallest absolute Gasteiger partial charge is 0.335 e. The topological polar surface area (TPSA) is 122 Å². The first-order valence-electron chi connectivity index (χ1n) is 7.69. The van der Waals surface area contributed by atoms with Gasteiger partial charge in [0, 0.05) is 18.3 Å². The summed E-state index contributed by atoms with van der Waals surface area (Å²) in [6, 6.07) is 11.7. The predicted molar refractivity (Wildman–Crippen MR) is 96.0 cm³/mol. The molecule has 0 heterocycles. The number of carbonyl (C=O) groups is 1. The number of carboxylic acid groups (broad SMARTS) is 1. The number of nitrogen functional groups attached to an aromatic ring is 1. The minimum atomic E-state index is -2.02. The van der Waals surface area contributed by atoms with Crippen LogP contribution in [0, 0.1) is 0 Å². The van der Waals surface area contributed by atoms with Crippen molar-refractivity contribution in [2.45, 2.75) is 19.3 Å². The Morgan fingerprint density at radius 1 is 1.20 bits per heavy atom. The third-order valence-electron chi connectivity index (χ3n) is 3.49. The molecule has 0 aliphatic heterocycles. The van der Waals surface area contributed by atoms with Crippen LogP contribution in [0.25, 0.3) is 0 Å². The van der Waals surface area contributed by atoms with Gasteiger partial charge in [-0.15, -0.1) is 0 Å². The summed E-state index contributed by atoms with van der Waals surface area (Å²) in [7, 11) is 0. The lowest BCUT2D eigenvalue weighted by atomic mass is 10.0. The summed E-state index contributed by atoms with van der Waals surface area (Å²) < 4.78 is 27.5. The molecule has 25 heavy (non-hydrogen) atoms. The second kappa shape index (κ2) is 9.16. The largest absolute Gasteiger partial charge is 0.478 e. The number of benzene rings is 2. The average molecular weight is 364 g/mol. The molecule has 0 aliphatic carbocycles. The van der Waals surface area contributed by atoms with E-state index in [0.29, 0.717) is 43.0 Å². The number of unbranched alkanes of at least 4 members (excludes halogenated alkanes) is 1. The first-order chi connectivity index (χ1) is 12.0. The fourth-order valence-electron chi connectivity index (χ4n) is 2.31. The number of hydrogen-bond donors (Lipinski definition) is 4. The first-order valence-corrected chi connectivity index (χ1v) is 8.80. The van der Waals surface area contributed by atoms with E-state index in [2.05, 4.69) is 4.72 Å². The van der Waals surface area contributed by atoms with Crippen molar-refractivity contribution in [2.24, 2.45) is 0 Å². The molecule has 8 heteroatoms. The summed E-state index contributed by atoms with van der Waals surface area (Å²) in [4.78, 5) is 11.2. The molecular weight excluding hydrogens is 344 g/mol. The van der Waals surface area contributed by atoms with E-state index < -0.39 is 17.2 Å². The Labute approximate surface area is 148 Å². The van der Waals surface area contributed by atoms with Gasteiger partial charge < -0.3 is 15.6 Å². The Kier molecular flexibility index (Phi) is 6.93. The third kappa shape index (κ3) is 6.18. The third-order valence-corrected chi connectivity index (χ3v) is 3.94. The van der Waals surface area contributed by atoms with Crippen molar-refractivity contribution in [3.8, 4) is 11.5 Å². The number of aromatic carboxylic acids is 1. The van der Waals surface area contributed by atoms with Crippen LogP contribution in [0.4, 0.5) is 5.69 Å². The highest BCUT2D eigenvalue weighted by Gasteiger charge is 2.11. The van der Waals surface area contributed by atoms with Crippen LogP contribution in [0.2, 0.25) is 0 Å². The van der Waals surface area contributed by atoms with Crippen molar-refractivity contribution in [2.75, 3.05) is 12.3 Å². The molecule has 0 saturated carbocycles. The lowest BCUT2D eigenvalue weighted by molar-refractivity contribution is 0.0696. The number of carboxylic acids is 1. The molecule has 2 aromatic rings. The van der Waals surface area contributed by atoms with E-state index in [1.165, 1.54) is 6.07 Å². The molecule has 0 saturated heterocycles. The number of anilines is 1. The Morgan fingerprint density at radius 2 is 2.00 bits per heavy atom. The van der Waals surface area contributed by atoms with Crippen LogP contribution in [0.3, 0.4) is 0 Å². The molecule has 0 fully saturated rings. The van der Waals surface area contributed by atoms with Crippen LogP contribution < -0.4 is 15.2 Å². The zero-order valence-corrected chi connectivity index (χ0v) is 14.3. The van der Waals surface area contributed by atoms with Gasteiger partial charge in [-0.05, 0) is 55.2 Å². The van der Waals surface area contributed by atoms with Crippen molar-refractivity contribution in [1.29, 1.82) is 0 Å². The highest BCUT2D eigenvalue weighted by atomic mass is 32.2.